The maximum absolute atomic E-state index is 13.7. The lowest BCUT2D eigenvalue weighted by molar-refractivity contribution is -0.141. The molecule has 2 heterocycles. The number of nitrogens with zero attached hydrogens (tertiary/aromatic N) is 3. The number of thiazole rings is 1. The van der Waals surface area contributed by atoms with Crippen molar-refractivity contribution < 1.29 is 22.7 Å². The van der Waals surface area contributed by atoms with Crippen LogP contribution in [-0.2, 0) is 10.9 Å². The molecular weight excluding hydrogens is 445 g/mol. The highest BCUT2D eigenvalue weighted by atomic mass is 32.1. The highest BCUT2D eigenvalue weighted by molar-refractivity contribution is 7.20. The van der Waals surface area contributed by atoms with Crippen LogP contribution in [0.4, 0.5) is 18.9 Å². The average Bonchev–Trinajstić information content (AvgIpc) is 3.34. The largest absolute Gasteiger partial charge is 0.465 e. The molecule has 0 unspecified atom stereocenters. The number of aliphatic imine (C=N–C) groups is 1. The van der Waals surface area contributed by atoms with E-state index in [-0.39, 0.29) is 22.1 Å². The third-order valence-electron chi connectivity index (χ3n) is 4.59. The number of alkyl halides is 3. The van der Waals surface area contributed by atoms with Crippen LogP contribution >= 0.6 is 11.3 Å². The van der Waals surface area contributed by atoms with Crippen molar-refractivity contribution in [3.63, 3.8) is 0 Å². The molecular formula is C21H15F3N4O3S. The molecule has 7 nitrogen and oxygen atoms in total. The second kappa shape index (κ2) is 8.08. The summed E-state index contributed by atoms with van der Waals surface area (Å²) >= 11 is 1.09. The Balaban J connectivity index is 1.81. The quantitative estimate of drug-likeness (QED) is 0.353. The first-order valence-corrected chi connectivity index (χ1v) is 10.0. The smallest absolute Gasteiger partial charge is 0.433 e. The lowest BCUT2D eigenvalue weighted by Gasteiger charge is -2.06. The third-order valence-corrected chi connectivity index (χ3v) is 5.62. The highest BCUT2D eigenvalue weighted by Gasteiger charge is 2.39. The monoisotopic (exact) mass is 460 g/mol. The van der Waals surface area contributed by atoms with Gasteiger partial charge in [-0.15, -0.1) is 0 Å². The van der Waals surface area contributed by atoms with E-state index in [9.17, 15) is 22.8 Å². The fourth-order valence-electron chi connectivity index (χ4n) is 3.11. The number of carbonyl (C=O) groups excluding carboxylic acids is 1. The molecule has 11 heteroatoms. The zero-order chi connectivity index (χ0) is 23.0. The number of carbonyl (C=O) groups is 1. The molecule has 32 heavy (non-hydrogen) atoms. The highest BCUT2D eigenvalue weighted by Crippen LogP contribution is 2.31. The summed E-state index contributed by atoms with van der Waals surface area (Å²) in [7, 11) is 1.24. The fraction of sp³-hybridized carbons (Fsp3) is 0.143. The molecule has 0 saturated heterocycles. The molecule has 2 aromatic carbocycles. The Bertz CT molecular complexity index is 1370. The molecule has 4 aromatic rings. The molecule has 0 atom stereocenters. The van der Waals surface area contributed by atoms with Gasteiger partial charge in [-0.2, -0.15) is 17.9 Å². The second-order valence-electron chi connectivity index (χ2n) is 6.70. The maximum atomic E-state index is 13.7. The average molecular weight is 460 g/mol. The van der Waals surface area contributed by atoms with Gasteiger partial charge < -0.3 is 4.74 Å². The lowest BCUT2D eigenvalue weighted by atomic mass is 10.1. The minimum atomic E-state index is -4.82. The molecule has 164 valence electrons. The van der Waals surface area contributed by atoms with E-state index in [0.29, 0.717) is 5.52 Å². The number of aromatic amines is 1. The van der Waals surface area contributed by atoms with Crippen LogP contribution in [0.3, 0.4) is 0 Å². The van der Waals surface area contributed by atoms with Crippen molar-refractivity contribution in [2.75, 3.05) is 7.11 Å². The van der Waals surface area contributed by atoms with Gasteiger partial charge in [0.05, 0.1) is 39.9 Å². The van der Waals surface area contributed by atoms with Crippen molar-refractivity contribution in [2.45, 2.75) is 13.1 Å². The topological polar surface area (TPSA) is 89.3 Å². The number of nitrogens with one attached hydrogen (secondary N) is 1. The number of aromatic nitrogens is 3. The van der Waals surface area contributed by atoms with E-state index in [0.717, 1.165) is 20.7 Å². The number of halogens is 3. The predicted octanol–water partition coefficient (Wildman–Crippen LogP) is 4.72. The van der Waals surface area contributed by atoms with Gasteiger partial charge in [-0.05, 0) is 43.3 Å². The molecule has 0 fully saturated rings. The van der Waals surface area contributed by atoms with Crippen LogP contribution in [-0.4, -0.2) is 33.6 Å². The number of para-hydroxylation sites is 1. The number of esters is 1. The Labute approximate surface area is 182 Å². The van der Waals surface area contributed by atoms with Gasteiger partial charge in [0.1, 0.15) is 0 Å². The van der Waals surface area contributed by atoms with E-state index < -0.39 is 29.0 Å². The van der Waals surface area contributed by atoms with Crippen molar-refractivity contribution in [1.82, 2.24) is 14.8 Å². The molecule has 2 aromatic heterocycles. The number of rotatable bonds is 4. The van der Waals surface area contributed by atoms with Crippen LogP contribution in [0.2, 0.25) is 0 Å². The Morgan fingerprint density at radius 1 is 1.16 bits per heavy atom. The van der Waals surface area contributed by atoms with Gasteiger partial charge in [0, 0.05) is 0 Å². The van der Waals surface area contributed by atoms with E-state index in [1.807, 2.05) is 0 Å². The molecule has 0 bridgehead atoms. The van der Waals surface area contributed by atoms with Gasteiger partial charge in [-0.25, -0.2) is 9.78 Å². The van der Waals surface area contributed by atoms with Gasteiger partial charge >= 0.3 is 12.1 Å². The van der Waals surface area contributed by atoms with E-state index in [2.05, 4.69) is 19.8 Å². The Morgan fingerprint density at radius 2 is 1.84 bits per heavy atom. The summed E-state index contributed by atoms with van der Waals surface area (Å²) in [5.74, 6) is -0.555. The normalized spacial score (nSPS) is 12.3. The second-order valence-corrected chi connectivity index (χ2v) is 7.71. The number of methoxy groups -OCH3 is 1. The van der Waals surface area contributed by atoms with Crippen molar-refractivity contribution in [1.29, 1.82) is 0 Å². The SMILES string of the molecule is COC(=O)c1ccc(N=C(C)c2c(C(F)(F)F)[nH]n(-c3nc4ccccc4s3)c2=O)cc1. The van der Waals surface area contributed by atoms with E-state index in [1.54, 1.807) is 24.3 Å². The minimum absolute atomic E-state index is 0.0863. The number of hydrogen-bond donors (Lipinski definition) is 1. The zero-order valence-corrected chi connectivity index (χ0v) is 17.5. The van der Waals surface area contributed by atoms with E-state index in [4.69, 9.17) is 0 Å². The summed E-state index contributed by atoms with van der Waals surface area (Å²) < 4.78 is 47.3. The molecule has 1 N–H and O–H groups in total. The van der Waals surface area contributed by atoms with E-state index >= 15 is 0 Å². The molecule has 0 radical (unpaired) electrons. The van der Waals surface area contributed by atoms with Crippen molar-refractivity contribution in [3.8, 4) is 5.13 Å². The Hall–Kier alpha value is -3.73. The zero-order valence-electron chi connectivity index (χ0n) is 16.7. The first-order valence-electron chi connectivity index (χ1n) is 9.21. The number of fused-ring (bicyclic) bond motifs is 1. The van der Waals surface area contributed by atoms with Crippen LogP contribution in [0, 0.1) is 0 Å². The molecule has 0 aliphatic carbocycles. The summed E-state index contributed by atoms with van der Waals surface area (Å²) in [6, 6.07) is 12.7. The number of hydrogen-bond acceptors (Lipinski definition) is 6. The van der Waals surface area contributed by atoms with Crippen molar-refractivity contribution in [2.24, 2.45) is 4.99 Å². The first kappa shape index (κ1) is 21.5. The Morgan fingerprint density at radius 3 is 2.47 bits per heavy atom. The molecule has 0 saturated carbocycles. The predicted molar refractivity (Wildman–Crippen MR) is 114 cm³/mol. The first-order chi connectivity index (χ1) is 15.2. The van der Waals surface area contributed by atoms with Crippen molar-refractivity contribution >= 4 is 38.9 Å². The summed E-state index contributed by atoms with van der Waals surface area (Å²) in [6.45, 7) is 1.32. The van der Waals surface area contributed by atoms with Gasteiger partial charge in [-0.3, -0.25) is 14.9 Å². The third kappa shape index (κ3) is 3.94. The van der Waals surface area contributed by atoms with Crippen LogP contribution in [0.5, 0.6) is 0 Å². The maximum Gasteiger partial charge on any atom is 0.433 e. The Kier molecular flexibility index (Phi) is 5.43. The summed E-state index contributed by atoms with van der Waals surface area (Å²) in [5.41, 5.74) is -1.76. The van der Waals surface area contributed by atoms with Crippen LogP contribution in [0.1, 0.15) is 28.5 Å². The number of H-pyrrole nitrogens is 1. The van der Waals surface area contributed by atoms with E-state index in [1.165, 1.54) is 38.3 Å². The van der Waals surface area contributed by atoms with Gasteiger partial charge in [0.25, 0.3) is 5.56 Å². The molecule has 4 rings (SSSR count). The molecule has 0 aliphatic rings. The van der Waals surface area contributed by atoms with Crippen molar-refractivity contribution in [3.05, 3.63) is 75.7 Å². The summed E-state index contributed by atoms with van der Waals surface area (Å²) in [4.78, 5) is 32.9. The molecule has 0 aliphatic heterocycles. The van der Waals surface area contributed by atoms with Gasteiger partial charge in [0.2, 0.25) is 5.13 Å². The van der Waals surface area contributed by atoms with Crippen LogP contribution in [0.15, 0.2) is 58.3 Å². The standard InChI is InChI=1S/C21H15F3N4O3S/c1-11(25-13-9-7-12(8-10-13)19(30)31-2)16-17(21(22,23)24)27-28(18(16)29)20-26-14-5-3-4-6-15(14)32-20/h3-10,27H,1-2H3. The summed E-state index contributed by atoms with van der Waals surface area (Å²) in [6.07, 6.45) is -4.82. The number of ether oxygens (including phenoxy) is 1. The minimum Gasteiger partial charge on any atom is -0.465 e. The van der Waals surface area contributed by atoms with Crippen LogP contribution < -0.4 is 5.56 Å². The lowest BCUT2D eigenvalue weighted by Crippen LogP contribution is -2.20. The van der Waals surface area contributed by atoms with Gasteiger partial charge in [-0.1, -0.05) is 23.5 Å². The number of benzene rings is 2. The molecule has 0 spiro atoms. The van der Waals surface area contributed by atoms with Gasteiger partial charge in [0.15, 0.2) is 5.69 Å². The van der Waals surface area contributed by atoms with Crippen LogP contribution in [0.25, 0.3) is 15.3 Å². The molecule has 0 amide bonds. The fourth-order valence-corrected chi connectivity index (χ4v) is 4.03. The summed E-state index contributed by atoms with van der Waals surface area (Å²) in [5, 5.41) is 2.24.